The van der Waals surface area contributed by atoms with Gasteiger partial charge >= 0.3 is 0 Å². The Hall–Kier alpha value is -2.00. The number of carbonyl (C=O) groups is 1. The van der Waals surface area contributed by atoms with Gasteiger partial charge in [-0.3, -0.25) is 9.78 Å². The van der Waals surface area contributed by atoms with Crippen LogP contribution in [-0.2, 0) is 6.42 Å². The maximum atomic E-state index is 10.6. The SMILES string of the molecule is Cc1cc(C)nc(C[C@@H](O)c2ccc(C=O)cc2)c1. The monoisotopic (exact) mass is 255 g/mol. The number of benzene rings is 1. The second-order valence-electron chi connectivity index (χ2n) is 4.78. The Morgan fingerprint density at radius 3 is 2.47 bits per heavy atom. The molecule has 0 aliphatic carbocycles. The lowest BCUT2D eigenvalue weighted by Gasteiger charge is -2.11. The Morgan fingerprint density at radius 1 is 1.21 bits per heavy atom. The summed E-state index contributed by atoms with van der Waals surface area (Å²) in [5, 5.41) is 10.2. The summed E-state index contributed by atoms with van der Waals surface area (Å²) in [7, 11) is 0. The maximum Gasteiger partial charge on any atom is 0.150 e. The smallest absolute Gasteiger partial charge is 0.150 e. The second-order valence-corrected chi connectivity index (χ2v) is 4.78. The van der Waals surface area contributed by atoms with Gasteiger partial charge in [-0.2, -0.15) is 0 Å². The summed E-state index contributed by atoms with van der Waals surface area (Å²) in [5.41, 5.74) is 4.39. The van der Waals surface area contributed by atoms with E-state index in [0.717, 1.165) is 28.8 Å². The van der Waals surface area contributed by atoms with Crippen molar-refractivity contribution < 1.29 is 9.90 Å². The van der Waals surface area contributed by atoms with Crippen molar-refractivity contribution in [3.05, 3.63) is 64.5 Å². The number of aliphatic hydroxyl groups is 1. The van der Waals surface area contributed by atoms with Gasteiger partial charge in [-0.25, -0.2) is 0 Å². The number of aliphatic hydroxyl groups excluding tert-OH is 1. The van der Waals surface area contributed by atoms with Crippen molar-refractivity contribution in [3.8, 4) is 0 Å². The van der Waals surface area contributed by atoms with Crippen LogP contribution in [0.2, 0.25) is 0 Å². The van der Waals surface area contributed by atoms with Crippen LogP contribution in [0.1, 0.15) is 39.0 Å². The van der Waals surface area contributed by atoms with E-state index < -0.39 is 6.10 Å². The minimum atomic E-state index is -0.602. The highest BCUT2D eigenvalue weighted by atomic mass is 16.3. The number of carbonyl (C=O) groups excluding carboxylic acids is 1. The fourth-order valence-electron chi connectivity index (χ4n) is 2.14. The third-order valence-corrected chi connectivity index (χ3v) is 3.01. The molecule has 1 N–H and O–H groups in total. The number of aldehydes is 1. The molecule has 1 aromatic heterocycles. The van der Waals surface area contributed by atoms with Gasteiger partial charge in [-0.1, -0.05) is 24.3 Å². The summed E-state index contributed by atoms with van der Waals surface area (Å²) in [6.07, 6.45) is 0.666. The first kappa shape index (κ1) is 13.4. The van der Waals surface area contributed by atoms with Gasteiger partial charge in [0.1, 0.15) is 6.29 Å². The summed E-state index contributed by atoms with van der Waals surface area (Å²) in [4.78, 5) is 15.0. The van der Waals surface area contributed by atoms with Gasteiger partial charge in [0, 0.05) is 23.4 Å². The molecule has 0 fully saturated rings. The van der Waals surface area contributed by atoms with Crippen molar-refractivity contribution in [2.45, 2.75) is 26.4 Å². The van der Waals surface area contributed by atoms with E-state index >= 15 is 0 Å². The number of hydrogen-bond acceptors (Lipinski definition) is 3. The minimum Gasteiger partial charge on any atom is -0.388 e. The maximum absolute atomic E-state index is 10.6. The van der Waals surface area contributed by atoms with Gasteiger partial charge in [0.15, 0.2) is 0 Å². The average molecular weight is 255 g/mol. The first-order chi connectivity index (χ1) is 9.08. The van der Waals surface area contributed by atoms with E-state index in [1.165, 1.54) is 0 Å². The Labute approximate surface area is 112 Å². The van der Waals surface area contributed by atoms with Gasteiger partial charge in [0.25, 0.3) is 0 Å². The van der Waals surface area contributed by atoms with Crippen molar-refractivity contribution in [1.29, 1.82) is 0 Å². The number of aryl methyl sites for hydroxylation is 2. The van der Waals surface area contributed by atoms with E-state index in [9.17, 15) is 9.90 Å². The van der Waals surface area contributed by atoms with Gasteiger partial charge in [-0.15, -0.1) is 0 Å². The highest BCUT2D eigenvalue weighted by molar-refractivity contribution is 5.74. The lowest BCUT2D eigenvalue weighted by molar-refractivity contribution is 0.112. The topological polar surface area (TPSA) is 50.2 Å². The Morgan fingerprint density at radius 2 is 1.89 bits per heavy atom. The summed E-state index contributed by atoms with van der Waals surface area (Å²) in [6, 6.07) is 11.0. The molecule has 98 valence electrons. The molecule has 0 spiro atoms. The van der Waals surface area contributed by atoms with Crippen LogP contribution >= 0.6 is 0 Å². The molecule has 0 saturated carbocycles. The van der Waals surface area contributed by atoms with E-state index in [1.54, 1.807) is 24.3 Å². The molecule has 0 radical (unpaired) electrons. The molecule has 3 heteroatoms. The normalized spacial score (nSPS) is 12.2. The Bertz CT molecular complexity index is 556. The minimum absolute atomic E-state index is 0.475. The van der Waals surface area contributed by atoms with E-state index in [1.807, 2.05) is 26.0 Å². The number of nitrogens with zero attached hydrogens (tertiary/aromatic N) is 1. The van der Waals surface area contributed by atoms with Crippen molar-refractivity contribution >= 4 is 6.29 Å². The highest BCUT2D eigenvalue weighted by Gasteiger charge is 2.10. The first-order valence-electron chi connectivity index (χ1n) is 6.26. The van der Waals surface area contributed by atoms with Crippen molar-refractivity contribution in [1.82, 2.24) is 4.98 Å². The highest BCUT2D eigenvalue weighted by Crippen LogP contribution is 2.18. The molecule has 0 saturated heterocycles. The number of rotatable bonds is 4. The van der Waals surface area contributed by atoms with Crippen LogP contribution < -0.4 is 0 Å². The van der Waals surface area contributed by atoms with Crippen LogP contribution in [0.3, 0.4) is 0 Å². The summed E-state index contributed by atoms with van der Waals surface area (Å²) in [6.45, 7) is 3.96. The number of hydrogen-bond donors (Lipinski definition) is 1. The summed E-state index contributed by atoms with van der Waals surface area (Å²) < 4.78 is 0. The molecular formula is C16H17NO2. The first-order valence-corrected chi connectivity index (χ1v) is 6.26. The molecule has 0 aliphatic heterocycles. The summed E-state index contributed by atoms with van der Waals surface area (Å²) in [5.74, 6) is 0. The lowest BCUT2D eigenvalue weighted by atomic mass is 10.0. The zero-order valence-electron chi connectivity index (χ0n) is 11.1. The van der Waals surface area contributed by atoms with Gasteiger partial charge in [-0.05, 0) is 37.1 Å². The number of pyridine rings is 1. The fraction of sp³-hybridized carbons (Fsp3) is 0.250. The second kappa shape index (κ2) is 5.76. The predicted molar refractivity (Wildman–Crippen MR) is 74.2 cm³/mol. The van der Waals surface area contributed by atoms with E-state index in [4.69, 9.17) is 0 Å². The molecule has 2 rings (SSSR count). The van der Waals surface area contributed by atoms with Crippen LogP contribution in [0.25, 0.3) is 0 Å². The molecule has 3 nitrogen and oxygen atoms in total. The van der Waals surface area contributed by atoms with Crippen LogP contribution in [0.4, 0.5) is 0 Å². The van der Waals surface area contributed by atoms with E-state index in [0.29, 0.717) is 12.0 Å². The van der Waals surface area contributed by atoms with Crippen LogP contribution in [-0.4, -0.2) is 16.4 Å². The van der Waals surface area contributed by atoms with Crippen LogP contribution in [0.5, 0.6) is 0 Å². The molecule has 1 atom stereocenters. The lowest BCUT2D eigenvalue weighted by Crippen LogP contribution is -2.04. The molecule has 0 bridgehead atoms. The van der Waals surface area contributed by atoms with E-state index in [2.05, 4.69) is 4.98 Å². The molecule has 0 amide bonds. The standard InChI is InChI=1S/C16H17NO2/c1-11-7-12(2)17-15(8-11)9-16(19)14-5-3-13(10-18)4-6-14/h3-8,10,16,19H,9H2,1-2H3/t16-/m1/s1. The molecule has 0 unspecified atom stereocenters. The van der Waals surface area contributed by atoms with Crippen molar-refractivity contribution in [3.63, 3.8) is 0 Å². The van der Waals surface area contributed by atoms with Crippen molar-refractivity contribution in [2.75, 3.05) is 0 Å². The van der Waals surface area contributed by atoms with Crippen LogP contribution in [0.15, 0.2) is 36.4 Å². The molecule has 1 aromatic carbocycles. The molecule has 2 aromatic rings. The average Bonchev–Trinajstić information content (AvgIpc) is 2.37. The van der Waals surface area contributed by atoms with Crippen molar-refractivity contribution in [2.24, 2.45) is 0 Å². The van der Waals surface area contributed by atoms with E-state index in [-0.39, 0.29) is 0 Å². The number of aromatic nitrogens is 1. The zero-order valence-corrected chi connectivity index (χ0v) is 11.1. The van der Waals surface area contributed by atoms with Gasteiger partial charge in [0.2, 0.25) is 0 Å². The molecular weight excluding hydrogens is 238 g/mol. The summed E-state index contributed by atoms with van der Waals surface area (Å²) >= 11 is 0. The quantitative estimate of drug-likeness (QED) is 0.855. The van der Waals surface area contributed by atoms with Gasteiger partial charge < -0.3 is 5.11 Å². The fourth-order valence-corrected chi connectivity index (χ4v) is 2.14. The largest absolute Gasteiger partial charge is 0.388 e. The Kier molecular flexibility index (Phi) is 4.07. The van der Waals surface area contributed by atoms with Crippen LogP contribution in [0, 0.1) is 13.8 Å². The molecule has 19 heavy (non-hydrogen) atoms. The van der Waals surface area contributed by atoms with Gasteiger partial charge in [0.05, 0.1) is 6.10 Å². The predicted octanol–water partition coefficient (Wildman–Crippen LogP) is 2.79. The molecule has 0 aliphatic rings. The zero-order chi connectivity index (χ0) is 13.8. The Balaban J connectivity index is 2.15. The molecule has 1 heterocycles. The third kappa shape index (κ3) is 3.48. The third-order valence-electron chi connectivity index (χ3n) is 3.01.